The Balaban J connectivity index is 1.51. The maximum Gasteiger partial charge on any atom is 0.0422 e. The minimum absolute atomic E-state index is 0.143. The van der Waals surface area contributed by atoms with Crippen LogP contribution in [0.1, 0.15) is 80.3 Å². The molecule has 42 heavy (non-hydrogen) atoms. The second kappa shape index (κ2) is 12.9. The third-order valence-corrected chi connectivity index (χ3v) is 9.14. The Hall–Kier alpha value is -4.04. The normalized spacial score (nSPS) is 12.3. The molecule has 0 aliphatic carbocycles. The molecule has 0 heterocycles. The summed E-state index contributed by atoms with van der Waals surface area (Å²) in [6.45, 7) is 16.3. The molecule has 0 amide bonds. The lowest BCUT2D eigenvalue weighted by Gasteiger charge is -2.25. The predicted molar refractivity (Wildman–Crippen MR) is 183 cm³/mol. The van der Waals surface area contributed by atoms with Crippen LogP contribution in [0.2, 0.25) is 0 Å². The van der Waals surface area contributed by atoms with Crippen molar-refractivity contribution in [2.75, 3.05) is 23.3 Å². The monoisotopic (exact) mass is 554 g/mol. The molecule has 2 heteroatoms. The number of fused-ring (bicyclic) bond motifs is 1. The molecule has 1 atom stereocenters. The van der Waals surface area contributed by atoms with Crippen LogP contribution < -0.4 is 10.2 Å². The predicted octanol–water partition coefficient (Wildman–Crippen LogP) is 10.5. The van der Waals surface area contributed by atoms with E-state index in [4.69, 9.17) is 0 Å². The van der Waals surface area contributed by atoms with Gasteiger partial charge < -0.3 is 10.2 Å². The van der Waals surface area contributed by atoms with Crippen molar-refractivity contribution in [3.05, 3.63) is 143 Å². The zero-order chi connectivity index (χ0) is 29.7. The topological polar surface area (TPSA) is 15.3 Å². The average Bonchev–Trinajstić information content (AvgIpc) is 3.03. The highest BCUT2D eigenvalue weighted by molar-refractivity contribution is 5.97. The third kappa shape index (κ3) is 6.23. The van der Waals surface area contributed by atoms with Crippen LogP contribution in [-0.4, -0.2) is 13.1 Å². The molecular weight excluding hydrogens is 508 g/mol. The van der Waals surface area contributed by atoms with Crippen LogP contribution in [0.15, 0.2) is 109 Å². The number of hydrogen-bond acceptors (Lipinski definition) is 2. The van der Waals surface area contributed by atoms with Crippen LogP contribution in [0, 0.1) is 6.92 Å². The Morgan fingerprint density at radius 3 is 1.86 bits per heavy atom. The fraction of sp³-hybridized carbons (Fsp3) is 0.300. The Morgan fingerprint density at radius 1 is 0.667 bits per heavy atom. The van der Waals surface area contributed by atoms with E-state index in [1.165, 1.54) is 55.5 Å². The smallest absolute Gasteiger partial charge is 0.0422 e. The van der Waals surface area contributed by atoms with E-state index in [9.17, 15) is 0 Å². The van der Waals surface area contributed by atoms with E-state index in [1.807, 2.05) is 0 Å². The van der Waals surface area contributed by atoms with Gasteiger partial charge in [-0.1, -0.05) is 117 Å². The molecule has 0 aliphatic rings. The first-order chi connectivity index (χ1) is 20.3. The molecule has 5 rings (SSSR count). The SMILES string of the molecule is CCN(CC)c1ccc(C(c2ccc(C)cc2)c2ccc(NCc3ccc(C(C)(C)CC)cc3)c3ccccc23)cc1. The second-order valence-electron chi connectivity index (χ2n) is 12.1. The number of nitrogens with zero attached hydrogens (tertiary/aromatic N) is 1. The quantitative estimate of drug-likeness (QED) is 0.163. The van der Waals surface area contributed by atoms with E-state index in [2.05, 4.69) is 161 Å². The van der Waals surface area contributed by atoms with Crippen LogP contribution in [0.25, 0.3) is 10.8 Å². The molecule has 5 aromatic rings. The molecule has 1 N–H and O–H groups in total. The minimum Gasteiger partial charge on any atom is -0.380 e. The summed E-state index contributed by atoms with van der Waals surface area (Å²) < 4.78 is 0. The minimum atomic E-state index is 0.143. The summed E-state index contributed by atoms with van der Waals surface area (Å²) >= 11 is 0. The van der Waals surface area contributed by atoms with Gasteiger partial charge in [-0.25, -0.2) is 0 Å². The molecule has 0 spiro atoms. The summed E-state index contributed by atoms with van der Waals surface area (Å²) in [5.74, 6) is 0.143. The first kappa shape index (κ1) is 29.5. The number of aryl methyl sites for hydroxylation is 1. The van der Waals surface area contributed by atoms with Crippen molar-refractivity contribution < 1.29 is 0 Å². The van der Waals surface area contributed by atoms with Gasteiger partial charge in [0, 0.05) is 42.3 Å². The zero-order valence-electron chi connectivity index (χ0n) is 26.2. The van der Waals surface area contributed by atoms with Crippen LogP contribution in [-0.2, 0) is 12.0 Å². The van der Waals surface area contributed by atoms with Gasteiger partial charge >= 0.3 is 0 Å². The van der Waals surface area contributed by atoms with E-state index in [1.54, 1.807) is 0 Å². The molecule has 0 aromatic heterocycles. The highest BCUT2D eigenvalue weighted by Crippen LogP contribution is 2.39. The molecule has 0 saturated carbocycles. The fourth-order valence-corrected chi connectivity index (χ4v) is 5.98. The lowest BCUT2D eigenvalue weighted by Crippen LogP contribution is -2.21. The molecule has 0 aliphatic heterocycles. The maximum absolute atomic E-state index is 3.76. The Labute approximate surface area is 253 Å². The van der Waals surface area contributed by atoms with Gasteiger partial charge in [0.15, 0.2) is 0 Å². The molecule has 0 radical (unpaired) electrons. The Morgan fingerprint density at radius 2 is 1.26 bits per heavy atom. The fourth-order valence-electron chi connectivity index (χ4n) is 5.98. The summed E-state index contributed by atoms with van der Waals surface area (Å²) in [6.07, 6.45) is 1.13. The van der Waals surface area contributed by atoms with Crippen molar-refractivity contribution >= 4 is 22.1 Å². The van der Waals surface area contributed by atoms with E-state index < -0.39 is 0 Å². The summed E-state index contributed by atoms with van der Waals surface area (Å²) in [6, 6.07) is 40.9. The molecule has 2 nitrogen and oxygen atoms in total. The number of benzene rings is 5. The second-order valence-corrected chi connectivity index (χ2v) is 12.1. The molecule has 216 valence electrons. The van der Waals surface area contributed by atoms with E-state index in [0.29, 0.717) is 0 Å². The average molecular weight is 555 g/mol. The number of rotatable bonds is 11. The lowest BCUT2D eigenvalue weighted by molar-refractivity contribution is 0.506. The molecular formula is C40H46N2. The zero-order valence-corrected chi connectivity index (χ0v) is 26.2. The van der Waals surface area contributed by atoms with Crippen molar-refractivity contribution in [2.24, 2.45) is 0 Å². The van der Waals surface area contributed by atoms with Crippen LogP contribution in [0.4, 0.5) is 11.4 Å². The summed E-state index contributed by atoms with van der Waals surface area (Å²) in [5, 5.41) is 6.31. The van der Waals surface area contributed by atoms with Gasteiger partial charge in [-0.2, -0.15) is 0 Å². The van der Waals surface area contributed by atoms with Crippen LogP contribution in [0.3, 0.4) is 0 Å². The standard InChI is InChI=1S/C40H46N2/c1-7-40(5,6)33-22-16-30(17-23-33)28-41-38-27-26-37(35-12-10-11-13-36(35)38)39(31-18-14-29(4)15-19-31)32-20-24-34(25-21-32)42(8-2)9-3/h10-27,39,41H,7-9,28H2,1-6H3. The van der Waals surface area contributed by atoms with Crippen molar-refractivity contribution in [3.63, 3.8) is 0 Å². The number of nitrogens with one attached hydrogen (secondary N) is 1. The van der Waals surface area contributed by atoms with Crippen molar-refractivity contribution in [1.82, 2.24) is 0 Å². The third-order valence-electron chi connectivity index (χ3n) is 9.14. The lowest BCUT2D eigenvalue weighted by atomic mass is 9.82. The highest BCUT2D eigenvalue weighted by Gasteiger charge is 2.21. The summed E-state index contributed by atoms with van der Waals surface area (Å²) in [7, 11) is 0. The van der Waals surface area contributed by atoms with Gasteiger partial charge in [-0.15, -0.1) is 0 Å². The molecule has 0 fully saturated rings. The highest BCUT2D eigenvalue weighted by atomic mass is 15.1. The first-order valence-corrected chi connectivity index (χ1v) is 15.6. The Bertz CT molecular complexity index is 1590. The molecule has 1 unspecified atom stereocenters. The summed E-state index contributed by atoms with van der Waals surface area (Å²) in [5.41, 5.74) is 10.6. The number of anilines is 2. The van der Waals surface area contributed by atoms with Gasteiger partial charge in [0.05, 0.1) is 0 Å². The van der Waals surface area contributed by atoms with Gasteiger partial charge in [0.2, 0.25) is 0 Å². The molecule has 5 aromatic carbocycles. The number of hydrogen-bond donors (Lipinski definition) is 1. The van der Waals surface area contributed by atoms with Crippen molar-refractivity contribution in [3.8, 4) is 0 Å². The van der Waals surface area contributed by atoms with Crippen molar-refractivity contribution in [2.45, 2.75) is 65.8 Å². The van der Waals surface area contributed by atoms with E-state index in [0.717, 1.165) is 26.1 Å². The van der Waals surface area contributed by atoms with Gasteiger partial charge in [0.1, 0.15) is 0 Å². The Kier molecular flexibility index (Phi) is 9.02. The first-order valence-electron chi connectivity index (χ1n) is 15.6. The summed E-state index contributed by atoms with van der Waals surface area (Å²) in [4.78, 5) is 2.40. The van der Waals surface area contributed by atoms with Crippen molar-refractivity contribution in [1.29, 1.82) is 0 Å². The molecule has 0 saturated heterocycles. The van der Waals surface area contributed by atoms with Gasteiger partial charge in [-0.3, -0.25) is 0 Å². The van der Waals surface area contributed by atoms with Crippen LogP contribution >= 0.6 is 0 Å². The van der Waals surface area contributed by atoms with E-state index >= 15 is 0 Å². The van der Waals surface area contributed by atoms with Gasteiger partial charge in [0.25, 0.3) is 0 Å². The van der Waals surface area contributed by atoms with Crippen LogP contribution in [0.5, 0.6) is 0 Å². The molecule has 0 bridgehead atoms. The van der Waals surface area contributed by atoms with E-state index in [-0.39, 0.29) is 11.3 Å². The maximum atomic E-state index is 3.76. The van der Waals surface area contributed by atoms with Gasteiger partial charge in [-0.05, 0) is 84.0 Å². The largest absolute Gasteiger partial charge is 0.380 e.